The Morgan fingerprint density at radius 2 is 1.65 bits per heavy atom. The number of nitro benzene ring substituents is 1. The Labute approximate surface area is 176 Å². The fraction of sp³-hybridized carbons (Fsp3) is 0.0455. The number of ether oxygens (including phenoxy) is 1. The highest BCUT2D eigenvalue weighted by atomic mass is 16.6. The number of nitro groups is 1. The molecule has 9 nitrogen and oxygen atoms in total. The second kappa shape index (κ2) is 7.71. The Balaban J connectivity index is 1.60. The Hall–Kier alpha value is -4.53. The van der Waals surface area contributed by atoms with Gasteiger partial charge in [-0.2, -0.15) is 0 Å². The average molecular weight is 417 g/mol. The molecule has 3 amide bonds. The van der Waals surface area contributed by atoms with Crippen molar-refractivity contribution < 1.29 is 24.0 Å². The maximum atomic E-state index is 12.7. The average Bonchev–Trinajstić information content (AvgIpc) is 3.03. The molecule has 0 radical (unpaired) electrons. The molecule has 9 heteroatoms. The molecule has 4 rings (SSSR count). The molecular formula is C22H15N3O6. The lowest BCUT2D eigenvalue weighted by atomic mass is 10.1. The van der Waals surface area contributed by atoms with Crippen LogP contribution < -0.4 is 15.0 Å². The third-order valence-corrected chi connectivity index (χ3v) is 4.79. The molecule has 0 spiro atoms. The van der Waals surface area contributed by atoms with Crippen molar-refractivity contribution >= 4 is 34.8 Å². The molecular weight excluding hydrogens is 402 g/mol. The molecule has 0 saturated carbocycles. The number of nitrogens with zero attached hydrogens (tertiary/aromatic N) is 2. The fourth-order valence-electron chi connectivity index (χ4n) is 3.32. The number of methoxy groups -OCH3 is 1. The Kier molecular flexibility index (Phi) is 4.92. The quantitative estimate of drug-likeness (QED) is 0.384. The summed E-state index contributed by atoms with van der Waals surface area (Å²) in [5.41, 5.74) is 0.954. The summed E-state index contributed by atoms with van der Waals surface area (Å²) in [6.07, 6.45) is 0. The monoisotopic (exact) mass is 417 g/mol. The van der Waals surface area contributed by atoms with Gasteiger partial charge in [0.15, 0.2) is 5.75 Å². The largest absolute Gasteiger partial charge is 0.490 e. The smallest absolute Gasteiger partial charge is 0.311 e. The van der Waals surface area contributed by atoms with E-state index in [0.717, 1.165) is 11.0 Å². The minimum absolute atomic E-state index is 0.0363. The number of hydrogen-bond donors (Lipinski definition) is 1. The maximum Gasteiger partial charge on any atom is 0.311 e. The van der Waals surface area contributed by atoms with Crippen LogP contribution in [0.1, 0.15) is 31.1 Å². The van der Waals surface area contributed by atoms with E-state index in [1.807, 2.05) is 0 Å². The number of imide groups is 1. The zero-order valence-electron chi connectivity index (χ0n) is 16.2. The van der Waals surface area contributed by atoms with E-state index in [2.05, 4.69) is 5.32 Å². The fourth-order valence-corrected chi connectivity index (χ4v) is 3.32. The number of rotatable bonds is 5. The van der Waals surface area contributed by atoms with Crippen LogP contribution in [0.25, 0.3) is 0 Å². The number of nitrogens with one attached hydrogen (secondary N) is 1. The Bertz CT molecular complexity index is 1220. The van der Waals surface area contributed by atoms with Crippen LogP contribution >= 0.6 is 0 Å². The summed E-state index contributed by atoms with van der Waals surface area (Å²) in [5, 5.41) is 13.8. The molecule has 0 bridgehead atoms. The van der Waals surface area contributed by atoms with Crippen molar-refractivity contribution in [3.05, 3.63) is 93.5 Å². The molecule has 0 unspecified atom stereocenters. The Morgan fingerprint density at radius 3 is 2.26 bits per heavy atom. The van der Waals surface area contributed by atoms with Gasteiger partial charge in [0.1, 0.15) is 0 Å². The van der Waals surface area contributed by atoms with Gasteiger partial charge in [-0.05, 0) is 42.5 Å². The van der Waals surface area contributed by atoms with Crippen molar-refractivity contribution in [1.82, 2.24) is 0 Å². The van der Waals surface area contributed by atoms with Gasteiger partial charge in [0.25, 0.3) is 17.7 Å². The first-order valence-corrected chi connectivity index (χ1v) is 9.12. The summed E-state index contributed by atoms with van der Waals surface area (Å²) in [7, 11) is 1.30. The summed E-state index contributed by atoms with van der Waals surface area (Å²) in [5.74, 6) is -1.45. The molecule has 1 aliphatic rings. The van der Waals surface area contributed by atoms with Gasteiger partial charge in [-0.1, -0.05) is 18.2 Å². The van der Waals surface area contributed by atoms with Crippen molar-refractivity contribution in [3.8, 4) is 5.75 Å². The summed E-state index contributed by atoms with van der Waals surface area (Å²) >= 11 is 0. The highest BCUT2D eigenvalue weighted by molar-refractivity contribution is 6.34. The molecule has 0 aliphatic carbocycles. The first-order valence-electron chi connectivity index (χ1n) is 9.12. The standard InChI is InChI=1S/C22H15N3O6/c1-31-19-10-9-13(11-18(19)25(29)30)20(26)23-14-5-4-6-15(12-14)24-21(27)16-7-2-3-8-17(16)22(24)28/h2-12H,1H3,(H,23,26). The third kappa shape index (κ3) is 3.48. The molecule has 0 saturated heterocycles. The summed E-state index contributed by atoms with van der Waals surface area (Å²) in [6.45, 7) is 0. The number of benzene rings is 3. The van der Waals surface area contributed by atoms with Crippen LogP contribution in [0.3, 0.4) is 0 Å². The van der Waals surface area contributed by atoms with Gasteiger partial charge < -0.3 is 10.1 Å². The maximum absolute atomic E-state index is 12.7. The zero-order valence-corrected chi connectivity index (χ0v) is 16.2. The van der Waals surface area contributed by atoms with Crippen molar-refractivity contribution in [2.75, 3.05) is 17.3 Å². The van der Waals surface area contributed by atoms with Gasteiger partial charge in [0.2, 0.25) is 0 Å². The van der Waals surface area contributed by atoms with E-state index in [1.54, 1.807) is 42.5 Å². The van der Waals surface area contributed by atoms with Gasteiger partial charge in [-0.3, -0.25) is 24.5 Å². The second-order valence-corrected chi connectivity index (χ2v) is 6.64. The molecule has 0 fully saturated rings. The first kappa shape index (κ1) is 19.8. The number of amides is 3. The molecule has 1 N–H and O–H groups in total. The van der Waals surface area contributed by atoms with E-state index in [0.29, 0.717) is 22.5 Å². The lowest BCUT2D eigenvalue weighted by Gasteiger charge is -2.15. The predicted molar refractivity (Wildman–Crippen MR) is 112 cm³/mol. The number of anilines is 2. The van der Waals surface area contributed by atoms with Gasteiger partial charge >= 0.3 is 5.69 Å². The highest BCUT2D eigenvalue weighted by Crippen LogP contribution is 2.31. The van der Waals surface area contributed by atoms with Crippen molar-refractivity contribution in [3.63, 3.8) is 0 Å². The van der Waals surface area contributed by atoms with E-state index in [1.165, 1.54) is 25.3 Å². The molecule has 31 heavy (non-hydrogen) atoms. The molecule has 0 aromatic heterocycles. The second-order valence-electron chi connectivity index (χ2n) is 6.64. The van der Waals surface area contributed by atoms with E-state index in [4.69, 9.17) is 4.74 Å². The van der Waals surface area contributed by atoms with Gasteiger partial charge in [0, 0.05) is 17.3 Å². The van der Waals surface area contributed by atoms with Crippen LogP contribution in [0, 0.1) is 10.1 Å². The van der Waals surface area contributed by atoms with Crippen LogP contribution in [0.15, 0.2) is 66.7 Å². The molecule has 0 atom stereocenters. The predicted octanol–water partition coefficient (Wildman–Crippen LogP) is 3.66. The molecule has 154 valence electrons. The summed E-state index contributed by atoms with van der Waals surface area (Å²) < 4.78 is 4.94. The van der Waals surface area contributed by atoms with Gasteiger partial charge in [-0.15, -0.1) is 0 Å². The number of carbonyl (C=O) groups is 3. The molecule has 3 aromatic carbocycles. The van der Waals surface area contributed by atoms with Crippen LogP contribution in [-0.4, -0.2) is 29.8 Å². The van der Waals surface area contributed by atoms with Crippen LogP contribution in [0.5, 0.6) is 5.75 Å². The number of fused-ring (bicyclic) bond motifs is 1. The van der Waals surface area contributed by atoms with E-state index < -0.39 is 22.6 Å². The van der Waals surface area contributed by atoms with Crippen LogP contribution in [-0.2, 0) is 0 Å². The van der Waals surface area contributed by atoms with Crippen molar-refractivity contribution in [1.29, 1.82) is 0 Å². The molecule has 1 heterocycles. The highest BCUT2D eigenvalue weighted by Gasteiger charge is 2.36. The third-order valence-electron chi connectivity index (χ3n) is 4.79. The van der Waals surface area contributed by atoms with Crippen LogP contribution in [0.2, 0.25) is 0 Å². The van der Waals surface area contributed by atoms with Gasteiger partial charge in [-0.25, -0.2) is 4.90 Å². The van der Waals surface area contributed by atoms with Crippen molar-refractivity contribution in [2.24, 2.45) is 0 Å². The topological polar surface area (TPSA) is 119 Å². The van der Waals surface area contributed by atoms with E-state index in [-0.39, 0.29) is 17.0 Å². The molecule has 1 aliphatic heterocycles. The lowest BCUT2D eigenvalue weighted by molar-refractivity contribution is -0.385. The number of hydrogen-bond acceptors (Lipinski definition) is 6. The SMILES string of the molecule is COc1ccc(C(=O)Nc2cccc(N3C(=O)c4ccccc4C3=O)c2)cc1[N+](=O)[O-]. The van der Waals surface area contributed by atoms with E-state index >= 15 is 0 Å². The van der Waals surface area contributed by atoms with Crippen LogP contribution in [0.4, 0.5) is 17.1 Å². The minimum Gasteiger partial charge on any atom is -0.490 e. The van der Waals surface area contributed by atoms with Crippen molar-refractivity contribution in [2.45, 2.75) is 0 Å². The summed E-state index contributed by atoms with van der Waals surface area (Å²) in [4.78, 5) is 49.5. The first-order chi connectivity index (χ1) is 14.9. The van der Waals surface area contributed by atoms with Gasteiger partial charge in [0.05, 0.1) is 28.8 Å². The normalized spacial score (nSPS) is 12.5. The Morgan fingerprint density at radius 1 is 0.968 bits per heavy atom. The zero-order chi connectivity index (χ0) is 22.1. The molecule has 3 aromatic rings. The number of carbonyl (C=O) groups excluding carboxylic acids is 3. The minimum atomic E-state index is -0.640. The lowest BCUT2D eigenvalue weighted by Crippen LogP contribution is -2.29. The summed E-state index contributed by atoms with van der Waals surface area (Å²) in [6, 6.07) is 16.6. The van der Waals surface area contributed by atoms with E-state index in [9.17, 15) is 24.5 Å².